The summed E-state index contributed by atoms with van der Waals surface area (Å²) in [5.74, 6) is 0. The molecule has 0 unspecified atom stereocenters. The predicted molar refractivity (Wildman–Crippen MR) is 93.3 cm³/mol. The van der Waals surface area contributed by atoms with Gasteiger partial charge in [-0.25, -0.2) is 0 Å². The molecule has 0 saturated carbocycles. The van der Waals surface area contributed by atoms with Gasteiger partial charge < -0.3 is 19.7 Å². The molecule has 0 saturated heterocycles. The largest absolute Gasteiger partial charge is 0.396 e. The zero-order chi connectivity index (χ0) is 16.7. The standard InChI is InChI=1S/C10H22O2.C8H18O2/c1-11-9-7-5-3-4-6-8-10-12-2;9-7-5-3-1-2-4-6-8-10/h3-10H2,1-2H3;9-10H,1-8H2. The molecular weight excluding hydrogens is 280 g/mol. The van der Waals surface area contributed by atoms with Gasteiger partial charge >= 0.3 is 0 Å². The Morgan fingerprint density at radius 2 is 0.727 bits per heavy atom. The smallest absolute Gasteiger partial charge is 0.0462 e. The Bertz CT molecular complexity index is 147. The summed E-state index contributed by atoms with van der Waals surface area (Å²) in [6, 6.07) is 0. The Morgan fingerprint density at radius 1 is 0.455 bits per heavy atom. The third-order valence-corrected chi connectivity index (χ3v) is 3.51. The van der Waals surface area contributed by atoms with Gasteiger partial charge in [0, 0.05) is 40.6 Å². The van der Waals surface area contributed by atoms with Gasteiger partial charge in [0.05, 0.1) is 0 Å². The van der Waals surface area contributed by atoms with E-state index in [-0.39, 0.29) is 0 Å². The summed E-state index contributed by atoms with van der Waals surface area (Å²) in [6.07, 6.45) is 14.2. The molecule has 0 aromatic rings. The lowest BCUT2D eigenvalue weighted by molar-refractivity contribution is 0.188. The van der Waals surface area contributed by atoms with Crippen LogP contribution < -0.4 is 0 Å². The van der Waals surface area contributed by atoms with Crippen LogP contribution in [0, 0.1) is 0 Å². The Kier molecular flexibility index (Phi) is 28.2. The minimum atomic E-state index is 0.319. The maximum atomic E-state index is 8.43. The summed E-state index contributed by atoms with van der Waals surface area (Å²) in [5.41, 5.74) is 0. The average molecular weight is 321 g/mol. The van der Waals surface area contributed by atoms with Crippen LogP contribution in [0.5, 0.6) is 0 Å². The van der Waals surface area contributed by atoms with Crippen LogP contribution in [0.25, 0.3) is 0 Å². The second-order valence-corrected chi connectivity index (χ2v) is 5.68. The van der Waals surface area contributed by atoms with Gasteiger partial charge in [-0.05, 0) is 25.7 Å². The van der Waals surface area contributed by atoms with Gasteiger partial charge in [0.1, 0.15) is 0 Å². The maximum absolute atomic E-state index is 8.43. The van der Waals surface area contributed by atoms with Crippen molar-refractivity contribution in [2.75, 3.05) is 40.6 Å². The van der Waals surface area contributed by atoms with Crippen LogP contribution in [0.15, 0.2) is 0 Å². The molecule has 0 amide bonds. The monoisotopic (exact) mass is 320 g/mol. The van der Waals surface area contributed by atoms with Crippen LogP contribution in [0.1, 0.15) is 77.0 Å². The lowest BCUT2D eigenvalue weighted by Crippen LogP contribution is -1.90. The van der Waals surface area contributed by atoms with E-state index < -0.39 is 0 Å². The number of ether oxygens (including phenoxy) is 2. The molecule has 0 radical (unpaired) electrons. The first kappa shape index (κ1) is 24.1. The molecular formula is C18H40O4. The Labute approximate surface area is 138 Å². The Hall–Kier alpha value is -0.160. The van der Waals surface area contributed by atoms with E-state index in [1.807, 2.05) is 0 Å². The highest BCUT2D eigenvalue weighted by Crippen LogP contribution is 2.05. The van der Waals surface area contributed by atoms with E-state index >= 15 is 0 Å². The molecule has 0 atom stereocenters. The second kappa shape index (κ2) is 25.8. The quantitative estimate of drug-likeness (QED) is 0.423. The highest BCUT2D eigenvalue weighted by atomic mass is 16.5. The maximum Gasteiger partial charge on any atom is 0.0462 e. The molecule has 0 aliphatic carbocycles. The van der Waals surface area contributed by atoms with Gasteiger partial charge in [0.2, 0.25) is 0 Å². The van der Waals surface area contributed by atoms with Crippen LogP contribution >= 0.6 is 0 Å². The van der Waals surface area contributed by atoms with E-state index in [9.17, 15) is 0 Å². The molecule has 0 bridgehead atoms. The SMILES string of the molecule is COCCCCCCCCOC.OCCCCCCCCO. The fourth-order valence-corrected chi connectivity index (χ4v) is 2.13. The number of hydrogen-bond acceptors (Lipinski definition) is 4. The molecule has 2 N–H and O–H groups in total. The van der Waals surface area contributed by atoms with Gasteiger partial charge in [-0.1, -0.05) is 51.4 Å². The molecule has 136 valence electrons. The van der Waals surface area contributed by atoms with E-state index in [2.05, 4.69) is 0 Å². The summed E-state index contributed by atoms with van der Waals surface area (Å²) < 4.78 is 9.93. The van der Waals surface area contributed by atoms with Crippen molar-refractivity contribution in [2.45, 2.75) is 77.0 Å². The van der Waals surface area contributed by atoms with Crippen LogP contribution in [0.2, 0.25) is 0 Å². The van der Waals surface area contributed by atoms with E-state index in [1.54, 1.807) is 14.2 Å². The summed E-state index contributed by atoms with van der Waals surface area (Å²) >= 11 is 0. The van der Waals surface area contributed by atoms with Crippen molar-refractivity contribution in [1.82, 2.24) is 0 Å². The molecule has 0 heterocycles. The van der Waals surface area contributed by atoms with Crippen LogP contribution in [0.4, 0.5) is 0 Å². The van der Waals surface area contributed by atoms with E-state index in [0.717, 1.165) is 38.9 Å². The molecule has 0 aliphatic heterocycles. The number of methoxy groups -OCH3 is 2. The lowest BCUT2D eigenvalue weighted by Gasteiger charge is -2.00. The first-order valence-electron chi connectivity index (χ1n) is 9.03. The number of aliphatic hydroxyl groups excluding tert-OH is 2. The van der Waals surface area contributed by atoms with Gasteiger partial charge in [-0.2, -0.15) is 0 Å². The fourth-order valence-electron chi connectivity index (χ4n) is 2.13. The number of aliphatic hydroxyl groups is 2. The van der Waals surface area contributed by atoms with Crippen molar-refractivity contribution in [3.05, 3.63) is 0 Å². The van der Waals surface area contributed by atoms with Crippen molar-refractivity contribution in [2.24, 2.45) is 0 Å². The Morgan fingerprint density at radius 3 is 1.00 bits per heavy atom. The molecule has 4 heteroatoms. The second-order valence-electron chi connectivity index (χ2n) is 5.68. The van der Waals surface area contributed by atoms with Crippen molar-refractivity contribution in [1.29, 1.82) is 0 Å². The van der Waals surface area contributed by atoms with E-state index in [1.165, 1.54) is 51.4 Å². The third-order valence-electron chi connectivity index (χ3n) is 3.51. The minimum absolute atomic E-state index is 0.319. The molecule has 0 aromatic carbocycles. The van der Waals surface area contributed by atoms with Crippen LogP contribution in [-0.2, 0) is 9.47 Å². The molecule has 0 rings (SSSR count). The molecule has 0 aromatic heterocycles. The normalized spacial score (nSPS) is 10.4. The van der Waals surface area contributed by atoms with E-state index in [0.29, 0.717) is 13.2 Å². The topological polar surface area (TPSA) is 58.9 Å². The minimum Gasteiger partial charge on any atom is -0.396 e. The first-order chi connectivity index (χ1) is 10.8. The molecule has 0 spiro atoms. The average Bonchev–Trinajstić information content (AvgIpc) is 2.54. The summed E-state index contributed by atoms with van der Waals surface area (Å²) in [5, 5.41) is 16.9. The molecule has 4 nitrogen and oxygen atoms in total. The fraction of sp³-hybridized carbons (Fsp3) is 1.00. The first-order valence-corrected chi connectivity index (χ1v) is 9.03. The van der Waals surface area contributed by atoms with E-state index in [4.69, 9.17) is 19.7 Å². The molecule has 0 aliphatic rings. The van der Waals surface area contributed by atoms with Crippen LogP contribution in [-0.4, -0.2) is 50.9 Å². The molecule has 0 fully saturated rings. The zero-order valence-electron chi connectivity index (χ0n) is 15.0. The van der Waals surface area contributed by atoms with Crippen LogP contribution in [0.3, 0.4) is 0 Å². The van der Waals surface area contributed by atoms with Gasteiger partial charge in [0.15, 0.2) is 0 Å². The third kappa shape index (κ3) is 28.1. The summed E-state index contributed by atoms with van der Waals surface area (Å²) in [6.45, 7) is 2.47. The summed E-state index contributed by atoms with van der Waals surface area (Å²) in [7, 11) is 3.52. The van der Waals surface area contributed by atoms with Crippen molar-refractivity contribution < 1.29 is 19.7 Å². The number of hydrogen-bond donors (Lipinski definition) is 2. The number of rotatable bonds is 16. The summed E-state index contributed by atoms with van der Waals surface area (Å²) in [4.78, 5) is 0. The predicted octanol–water partition coefficient (Wildman–Crippen LogP) is 3.93. The van der Waals surface area contributed by atoms with Gasteiger partial charge in [0.25, 0.3) is 0 Å². The van der Waals surface area contributed by atoms with Gasteiger partial charge in [-0.15, -0.1) is 0 Å². The highest BCUT2D eigenvalue weighted by Gasteiger charge is 1.90. The van der Waals surface area contributed by atoms with Crippen molar-refractivity contribution in [3.63, 3.8) is 0 Å². The van der Waals surface area contributed by atoms with Gasteiger partial charge in [-0.3, -0.25) is 0 Å². The molecule has 22 heavy (non-hydrogen) atoms. The number of unbranched alkanes of at least 4 members (excludes halogenated alkanes) is 10. The zero-order valence-corrected chi connectivity index (χ0v) is 15.0. The van der Waals surface area contributed by atoms with Crippen molar-refractivity contribution in [3.8, 4) is 0 Å². The highest BCUT2D eigenvalue weighted by molar-refractivity contribution is 4.44. The Balaban J connectivity index is 0. The lowest BCUT2D eigenvalue weighted by atomic mass is 10.1. The van der Waals surface area contributed by atoms with Crippen molar-refractivity contribution >= 4 is 0 Å².